The van der Waals surface area contributed by atoms with Crippen LogP contribution < -0.4 is 9.62 Å². The molecule has 0 unspecified atom stereocenters. The van der Waals surface area contributed by atoms with Gasteiger partial charge < -0.3 is 9.64 Å². The topological polar surface area (TPSA) is 75.7 Å². The summed E-state index contributed by atoms with van der Waals surface area (Å²) in [6.45, 7) is 6.80. The predicted molar refractivity (Wildman–Crippen MR) is 105 cm³/mol. The number of hydrogen-bond donors (Lipinski definition) is 1. The van der Waals surface area contributed by atoms with Gasteiger partial charge in [0.25, 0.3) is 0 Å². The van der Waals surface area contributed by atoms with Crippen LogP contribution in [0.2, 0.25) is 0 Å². The first-order valence-electron chi connectivity index (χ1n) is 9.87. The molecule has 1 aromatic rings. The van der Waals surface area contributed by atoms with Crippen LogP contribution in [0.25, 0.3) is 0 Å². The van der Waals surface area contributed by atoms with Crippen molar-refractivity contribution in [2.45, 2.75) is 69.9 Å². The number of amides is 1. The van der Waals surface area contributed by atoms with Crippen LogP contribution in [0.1, 0.15) is 52.0 Å². The van der Waals surface area contributed by atoms with Gasteiger partial charge in [-0.1, -0.05) is 6.42 Å². The highest BCUT2D eigenvalue weighted by atomic mass is 32.2. The number of nitrogens with zero attached hydrogens (tertiary/aromatic N) is 1. The maximum Gasteiger partial charge on any atom is 0.240 e. The highest BCUT2D eigenvalue weighted by Gasteiger charge is 2.37. The minimum atomic E-state index is -3.56. The maximum absolute atomic E-state index is 12.7. The normalized spacial score (nSPS) is 20.0. The summed E-state index contributed by atoms with van der Waals surface area (Å²) in [6.07, 6.45) is 4.52. The van der Waals surface area contributed by atoms with E-state index in [1.165, 1.54) is 0 Å². The number of benzene rings is 1. The summed E-state index contributed by atoms with van der Waals surface area (Å²) in [4.78, 5) is 14.8. The average Bonchev–Trinajstić information content (AvgIpc) is 2.87. The Labute approximate surface area is 162 Å². The molecule has 2 aliphatic rings. The molecule has 3 rings (SSSR count). The van der Waals surface area contributed by atoms with Crippen LogP contribution in [-0.4, -0.2) is 39.6 Å². The predicted octanol–water partition coefficient (Wildman–Crippen LogP) is 2.86. The Morgan fingerprint density at radius 1 is 1.33 bits per heavy atom. The van der Waals surface area contributed by atoms with Crippen molar-refractivity contribution in [2.75, 3.05) is 18.1 Å². The molecule has 1 aliphatic heterocycles. The van der Waals surface area contributed by atoms with Gasteiger partial charge in [-0.15, -0.1) is 0 Å². The highest BCUT2D eigenvalue weighted by Crippen LogP contribution is 2.38. The Balaban J connectivity index is 1.67. The molecule has 1 aliphatic carbocycles. The molecule has 0 saturated heterocycles. The van der Waals surface area contributed by atoms with E-state index in [1.807, 2.05) is 25.7 Å². The molecule has 1 N–H and O–H groups in total. The summed E-state index contributed by atoms with van der Waals surface area (Å²) >= 11 is 0. The second-order valence-corrected chi connectivity index (χ2v) is 9.62. The van der Waals surface area contributed by atoms with Gasteiger partial charge >= 0.3 is 0 Å². The zero-order chi connectivity index (χ0) is 19.6. The van der Waals surface area contributed by atoms with E-state index >= 15 is 0 Å². The third-order valence-corrected chi connectivity index (χ3v) is 6.79. The molecular formula is C20H30N2O4S. The lowest BCUT2D eigenvalue weighted by molar-refractivity contribution is -0.125. The Kier molecular flexibility index (Phi) is 6.23. The van der Waals surface area contributed by atoms with Crippen LogP contribution in [0, 0.1) is 5.92 Å². The van der Waals surface area contributed by atoms with Crippen LogP contribution in [-0.2, 0) is 26.0 Å². The van der Waals surface area contributed by atoms with Gasteiger partial charge in [-0.2, -0.15) is 0 Å². The van der Waals surface area contributed by atoms with Crippen molar-refractivity contribution in [3.8, 4) is 0 Å². The fraction of sp³-hybridized carbons (Fsp3) is 0.650. The molecule has 1 heterocycles. The van der Waals surface area contributed by atoms with Crippen molar-refractivity contribution in [1.29, 1.82) is 0 Å². The van der Waals surface area contributed by atoms with Crippen molar-refractivity contribution >= 4 is 21.6 Å². The van der Waals surface area contributed by atoms with Gasteiger partial charge in [-0.05, 0) is 70.2 Å². The molecule has 0 bridgehead atoms. The second kappa shape index (κ2) is 8.29. The first-order chi connectivity index (χ1) is 12.8. The standard InChI is InChI=1S/C20H30N2O4S/c1-14(2)26-11-5-10-21-27(24,25)18-8-9-19-17(13-18)12-15(3)22(19)20(23)16-6-4-7-16/h8-9,13-16,21H,4-7,10-12H2,1-3H3/t15-/m0/s1. The van der Waals surface area contributed by atoms with Crippen LogP contribution in [0.5, 0.6) is 0 Å². The van der Waals surface area contributed by atoms with E-state index in [1.54, 1.807) is 18.2 Å². The van der Waals surface area contributed by atoms with Crippen molar-refractivity contribution in [3.63, 3.8) is 0 Å². The number of anilines is 1. The maximum atomic E-state index is 12.7. The number of carbonyl (C=O) groups excluding carboxylic acids is 1. The highest BCUT2D eigenvalue weighted by molar-refractivity contribution is 7.89. The Bertz CT molecular complexity index is 787. The molecule has 6 nitrogen and oxygen atoms in total. The van der Waals surface area contributed by atoms with E-state index in [9.17, 15) is 13.2 Å². The third-order valence-electron chi connectivity index (χ3n) is 5.33. The van der Waals surface area contributed by atoms with Gasteiger partial charge in [-0.25, -0.2) is 13.1 Å². The number of fused-ring (bicyclic) bond motifs is 1. The van der Waals surface area contributed by atoms with Gasteiger partial charge in [0.2, 0.25) is 15.9 Å². The summed E-state index contributed by atoms with van der Waals surface area (Å²) < 4.78 is 33.2. The molecule has 0 radical (unpaired) electrons. The van der Waals surface area contributed by atoms with Gasteiger partial charge in [0.05, 0.1) is 11.0 Å². The van der Waals surface area contributed by atoms with Gasteiger partial charge in [0.1, 0.15) is 0 Å². The minimum absolute atomic E-state index is 0.0761. The fourth-order valence-corrected chi connectivity index (χ4v) is 4.77. The second-order valence-electron chi connectivity index (χ2n) is 7.85. The number of ether oxygens (including phenoxy) is 1. The average molecular weight is 395 g/mol. The van der Waals surface area contributed by atoms with Gasteiger partial charge in [0.15, 0.2) is 0 Å². The zero-order valence-electron chi connectivity index (χ0n) is 16.4. The number of rotatable bonds is 8. The van der Waals surface area contributed by atoms with Crippen molar-refractivity contribution in [1.82, 2.24) is 4.72 Å². The van der Waals surface area contributed by atoms with Crippen LogP contribution in [0.4, 0.5) is 5.69 Å². The summed E-state index contributed by atoms with van der Waals surface area (Å²) in [7, 11) is -3.56. The lowest BCUT2D eigenvalue weighted by Gasteiger charge is -2.32. The number of carbonyl (C=O) groups is 1. The molecule has 1 aromatic carbocycles. The van der Waals surface area contributed by atoms with E-state index < -0.39 is 10.0 Å². The molecular weight excluding hydrogens is 364 g/mol. The third kappa shape index (κ3) is 4.52. The van der Waals surface area contributed by atoms with Crippen molar-refractivity contribution < 1.29 is 17.9 Å². The molecule has 1 atom stereocenters. The minimum Gasteiger partial charge on any atom is -0.379 e. The summed E-state index contributed by atoms with van der Waals surface area (Å²) in [5.41, 5.74) is 1.80. The molecule has 27 heavy (non-hydrogen) atoms. The first kappa shape index (κ1) is 20.3. The van der Waals surface area contributed by atoms with E-state index in [0.717, 1.165) is 30.5 Å². The Hall–Kier alpha value is -1.44. The van der Waals surface area contributed by atoms with Crippen molar-refractivity contribution in [3.05, 3.63) is 23.8 Å². The molecule has 0 spiro atoms. The summed E-state index contributed by atoms with van der Waals surface area (Å²) in [5, 5.41) is 0. The lowest BCUT2D eigenvalue weighted by atomic mass is 9.84. The zero-order valence-corrected chi connectivity index (χ0v) is 17.2. The summed E-state index contributed by atoms with van der Waals surface area (Å²) in [6, 6.07) is 5.18. The number of sulfonamides is 1. The van der Waals surface area contributed by atoms with Gasteiger partial charge in [-0.3, -0.25) is 4.79 Å². The lowest BCUT2D eigenvalue weighted by Crippen LogP contribution is -2.42. The molecule has 1 saturated carbocycles. The summed E-state index contributed by atoms with van der Waals surface area (Å²) in [5.74, 6) is 0.322. The first-order valence-corrected chi connectivity index (χ1v) is 11.3. The van der Waals surface area contributed by atoms with E-state index in [4.69, 9.17) is 4.74 Å². The Morgan fingerprint density at radius 3 is 2.70 bits per heavy atom. The van der Waals surface area contributed by atoms with Crippen molar-refractivity contribution in [2.24, 2.45) is 5.92 Å². The number of nitrogens with one attached hydrogen (secondary N) is 1. The van der Waals surface area contributed by atoms with Crippen LogP contribution in [0.15, 0.2) is 23.1 Å². The molecule has 7 heteroatoms. The monoisotopic (exact) mass is 394 g/mol. The van der Waals surface area contributed by atoms with E-state index in [2.05, 4.69) is 4.72 Å². The SMILES string of the molecule is CC(C)OCCCNS(=O)(=O)c1ccc2c(c1)C[C@H](C)N2C(=O)C1CCC1. The largest absolute Gasteiger partial charge is 0.379 e. The molecule has 150 valence electrons. The molecule has 1 fully saturated rings. The molecule has 0 aromatic heterocycles. The Morgan fingerprint density at radius 2 is 2.07 bits per heavy atom. The smallest absolute Gasteiger partial charge is 0.240 e. The quantitative estimate of drug-likeness (QED) is 0.688. The fourth-order valence-electron chi connectivity index (χ4n) is 3.64. The number of hydrogen-bond acceptors (Lipinski definition) is 4. The molecule has 1 amide bonds. The van der Waals surface area contributed by atoms with Crippen LogP contribution in [0.3, 0.4) is 0 Å². The van der Waals surface area contributed by atoms with Crippen LogP contribution >= 0.6 is 0 Å². The van der Waals surface area contributed by atoms with Gasteiger partial charge in [0, 0.05) is 30.8 Å². The van der Waals surface area contributed by atoms with E-state index in [-0.39, 0.29) is 28.9 Å². The van der Waals surface area contributed by atoms with E-state index in [0.29, 0.717) is 26.0 Å².